The van der Waals surface area contributed by atoms with Crippen molar-refractivity contribution in [2.45, 2.75) is 57.5 Å². The van der Waals surface area contributed by atoms with Crippen LogP contribution in [0.1, 0.15) is 70.9 Å². The van der Waals surface area contributed by atoms with E-state index < -0.39 is 5.97 Å². The van der Waals surface area contributed by atoms with Gasteiger partial charge in [0.15, 0.2) is 0 Å². The number of aromatic nitrogens is 2. The SMILES string of the molecule is O=C(O)c1ccc(Cn2nc(C3CCCCC3)c3c2CCNC3)cc1. The van der Waals surface area contributed by atoms with Crippen LogP contribution < -0.4 is 5.32 Å². The fraction of sp³-hybridized carbons (Fsp3) is 0.500. The first-order chi connectivity index (χ1) is 12.2. The van der Waals surface area contributed by atoms with Gasteiger partial charge in [-0.25, -0.2) is 4.79 Å². The molecule has 25 heavy (non-hydrogen) atoms. The molecule has 4 rings (SSSR count). The van der Waals surface area contributed by atoms with Crippen LogP contribution in [0, 0.1) is 0 Å². The molecule has 0 saturated heterocycles. The molecule has 1 aliphatic heterocycles. The summed E-state index contributed by atoms with van der Waals surface area (Å²) in [7, 11) is 0. The lowest BCUT2D eigenvalue weighted by Crippen LogP contribution is -2.25. The Bertz CT molecular complexity index is 758. The van der Waals surface area contributed by atoms with Gasteiger partial charge in [0, 0.05) is 36.7 Å². The number of fused-ring (bicyclic) bond motifs is 1. The number of rotatable bonds is 4. The number of nitrogens with zero attached hydrogens (tertiary/aromatic N) is 2. The Balaban J connectivity index is 1.62. The minimum Gasteiger partial charge on any atom is -0.478 e. The van der Waals surface area contributed by atoms with Crippen molar-refractivity contribution in [1.29, 1.82) is 0 Å². The van der Waals surface area contributed by atoms with Gasteiger partial charge in [0.1, 0.15) is 0 Å². The smallest absolute Gasteiger partial charge is 0.335 e. The second-order valence-corrected chi connectivity index (χ2v) is 7.23. The third kappa shape index (κ3) is 3.33. The van der Waals surface area contributed by atoms with Crippen molar-refractivity contribution in [2.75, 3.05) is 6.54 Å². The molecule has 0 atom stereocenters. The van der Waals surface area contributed by atoms with Gasteiger partial charge in [0.25, 0.3) is 0 Å². The Morgan fingerprint density at radius 3 is 2.68 bits per heavy atom. The molecule has 2 heterocycles. The third-order valence-electron chi connectivity index (χ3n) is 5.56. The molecular formula is C20H25N3O2. The number of carbonyl (C=O) groups is 1. The van der Waals surface area contributed by atoms with E-state index in [1.807, 2.05) is 12.1 Å². The van der Waals surface area contributed by atoms with Crippen LogP contribution in [-0.4, -0.2) is 27.4 Å². The number of carboxylic acid groups (broad SMARTS) is 1. The quantitative estimate of drug-likeness (QED) is 0.897. The Labute approximate surface area is 148 Å². The second-order valence-electron chi connectivity index (χ2n) is 7.23. The predicted molar refractivity (Wildman–Crippen MR) is 96.0 cm³/mol. The zero-order valence-electron chi connectivity index (χ0n) is 14.5. The number of hydrogen-bond donors (Lipinski definition) is 2. The molecule has 0 unspecified atom stereocenters. The van der Waals surface area contributed by atoms with E-state index in [4.69, 9.17) is 10.2 Å². The van der Waals surface area contributed by atoms with Gasteiger partial charge in [-0.2, -0.15) is 5.10 Å². The van der Waals surface area contributed by atoms with Crippen molar-refractivity contribution in [3.8, 4) is 0 Å². The molecule has 0 spiro atoms. The van der Waals surface area contributed by atoms with E-state index in [2.05, 4.69) is 10.00 Å². The maximum absolute atomic E-state index is 11.0. The number of aromatic carboxylic acids is 1. The van der Waals surface area contributed by atoms with E-state index in [-0.39, 0.29) is 0 Å². The Hall–Kier alpha value is -2.14. The number of nitrogens with one attached hydrogen (secondary N) is 1. The van der Waals surface area contributed by atoms with Crippen molar-refractivity contribution in [3.05, 3.63) is 52.3 Å². The summed E-state index contributed by atoms with van der Waals surface area (Å²) in [5.74, 6) is -0.272. The largest absolute Gasteiger partial charge is 0.478 e. The van der Waals surface area contributed by atoms with Gasteiger partial charge >= 0.3 is 5.97 Å². The van der Waals surface area contributed by atoms with Gasteiger partial charge in [-0.15, -0.1) is 0 Å². The maximum Gasteiger partial charge on any atom is 0.335 e. The van der Waals surface area contributed by atoms with E-state index in [1.165, 1.54) is 49.1 Å². The number of hydrogen-bond acceptors (Lipinski definition) is 3. The number of benzene rings is 1. The van der Waals surface area contributed by atoms with Crippen molar-refractivity contribution in [1.82, 2.24) is 15.1 Å². The first-order valence-corrected chi connectivity index (χ1v) is 9.34. The molecule has 0 amide bonds. The summed E-state index contributed by atoms with van der Waals surface area (Å²) in [5.41, 5.74) is 5.52. The lowest BCUT2D eigenvalue weighted by molar-refractivity contribution is 0.0697. The monoisotopic (exact) mass is 339 g/mol. The summed E-state index contributed by atoms with van der Waals surface area (Å²) in [6, 6.07) is 7.16. The summed E-state index contributed by atoms with van der Waals surface area (Å²) < 4.78 is 2.16. The Morgan fingerprint density at radius 1 is 1.20 bits per heavy atom. The van der Waals surface area contributed by atoms with Crippen molar-refractivity contribution in [3.63, 3.8) is 0 Å². The van der Waals surface area contributed by atoms with Crippen LogP contribution in [0.15, 0.2) is 24.3 Å². The topological polar surface area (TPSA) is 67.1 Å². The molecule has 1 aliphatic carbocycles. The molecule has 2 aromatic rings. The van der Waals surface area contributed by atoms with Crippen LogP contribution >= 0.6 is 0 Å². The Kier molecular flexibility index (Phi) is 4.57. The van der Waals surface area contributed by atoms with Crippen LogP contribution in [0.5, 0.6) is 0 Å². The van der Waals surface area contributed by atoms with Gasteiger partial charge in [0.05, 0.1) is 17.8 Å². The van der Waals surface area contributed by atoms with Crippen LogP contribution in [0.3, 0.4) is 0 Å². The van der Waals surface area contributed by atoms with Crippen LogP contribution in [0.2, 0.25) is 0 Å². The highest BCUT2D eigenvalue weighted by molar-refractivity contribution is 5.87. The summed E-state index contributed by atoms with van der Waals surface area (Å²) in [6.45, 7) is 2.65. The van der Waals surface area contributed by atoms with Crippen LogP contribution in [0.4, 0.5) is 0 Å². The highest BCUT2D eigenvalue weighted by Gasteiger charge is 2.27. The first kappa shape index (κ1) is 16.3. The number of carboxylic acids is 1. The zero-order chi connectivity index (χ0) is 17.2. The average molecular weight is 339 g/mol. The molecule has 1 saturated carbocycles. The van der Waals surface area contributed by atoms with Gasteiger partial charge in [-0.3, -0.25) is 4.68 Å². The highest BCUT2D eigenvalue weighted by atomic mass is 16.4. The van der Waals surface area contributed by atoms with Crippen LogP contribution in [-0.2, 0) is 19.5 Å². The van der Waals surface area contributed by atoms with E-state index in [9.17, 15) is 4.79 Å². The standard InChI is InChI=1S/C20H25N3O2/c24-20(25)16-8-6-14(7-9-16)13-23-18-10-11-21-12-17(18)19(22-23)15-4-2-1-3-5-15/h6-9,15,21H,1-5,10-13H2,(H,24,25). The molecule has 1 aromatic carbocycles. The van der Waals surface area contributed by atoms with Crippen molar-refractivity contribution >= 4 is 5.97 Å². The summed E-state index contributed by atoms with van der Waals surface area (Å²) in [6.07, 6.45) is 7.52. The molecule has 2 aliphatic rings. The normalized spacial score (nSPS) is 18.1. The summed E-state index contributed by atoms with van der Waals surface area (Å²) >= 11 is 0. The van der Waals surface area contributed by atoms with Gasteiger partial charge in [0.2, 0.25) is 0 Å². The molecule has 132 valence electrons. The van der Waals surface area contributed by atoms with E-state index >= 15 is 0 Å². The second kappa shape index (κ2) is 7.00. The van der Waals surface area contributed by atoms with Gasteiger partial charge < -0.3 is 10.4 Å². The molecular weight excluding hydrogens is 314 g/mol. The molecule has 5 nitrogen and oxygen atoms in total. The molecule has 1 fully saturated rings. The minimum atomic E-state index is -0.881. The van der Waals surface area contributed by atoms with Crippen LogP contribution in [0.25, 0.3) is 0 Å². The highest BCUT2D eigenvalue weighted by Crippen LogP contribution is 2.35. The zero-order valence-corrected chi connectivity index (χ0v) is 14.5. The lowest BCUT2D eigenvalue weighted by Gasteiger charge is -2.22. The molecule has 0 radical (unpaired) electrons. The lowest BCUT2D eigenvalue weighted by atomic mass is 9.84. The van der Waals surface area contributed by atoms with E-state index in [0.717, 1.165) is 31.6 Å². The van der Waals surface area contributed by atoms with Crippen molar-refractivity contribution < 1.29 is 9.90 Å². The van der Waals surface area contributed by atoms with E-state index in [0.29, 0.717) is 11.5 Å². The summed E-state index contributed by atoms with van der Waals surface area (Å²) in [5, 5.41) is 17.6. The predicted octanol–water partition coefficient (Wildman–Crippen LogP) is 3.32. The first-order valence-electron chi connectivity index (χ1n) is 9.34. The Morgan fingerprint density at radius 2 is 1.96 bits per heavy atom. The molecule has 5 heteroatoms. The average Bonchev–Trinajstić information content (AvgIpc) is 3.02. The molecule has 2 N–H and O–H groups in total. The maximum atomic E-state index is 11.0. The van der Waals surface area contributed by atoms with Gasteiger partial charge in [-0.05, 0) is 30.5 Å². The minimum absolute atomic E-state index is 0.332. The third-order valence-corrected chi connectivity index (χ3v) is 5.56. The fourth-order valence-corrected chi connectivity index (χ4v) is 4.21. The molecule has 0 bridgehead atoms. The molecule has 1 aromatic heterocycles. The van der Waals surface area contributed by atoms with Gasteiger partial charge in [-0.1, -0.05) is 31.4 Å². The van der Waals surface area contributed by atoms with Crippen molar-refractivity contribution in [2.24, 2.45) is 0 Å². The summed E-state index contributed by atoms with van der Waals surface area (Å²) in [4.78, 5) is 11.0. The fourth-order valence-electron chi connectivity index (χ4n) is 4.21. The van der Waals surface area contributed by atoms with E-state index in [1.54, 1.807) is 12.1 Å².